The predicted octanol–water partition coefficient (Wildman–Crippen LogP) is 1.88. The fourth-order valence-electron chi connectivity index (χ4n) is 2.00. The molecule has 1 N–H and O–H groups in total. The molecule has 4 heteroatoms. The van der Waals surface area contributed by atoms with Crippen LogP contribution < -0.4 is 10.1 Å². The smallest absolute Gasteiger partial charge is 0.165 e. The SMILES string of the molecule is COc1c(F)cccc1C1COCC(C)N1. The van der Waals surface area contributed by atoms with Gasteiger partial charge in [-0.25, -0.2) is 4.39 Å². The van der Waals surface area contributed by atoms with Crippen LogP contribution in [-0.2, 0) is 4.74 Å². The Hall–Kier alpha value is -1.13. The number of hydrogen-bond donors (Lipinski definition) is 1. The monoisotopic (exact) mass is 225 g/mol. The van der Waals surface area contributed by atoms with Crippen molar-refractivity contribution in [2.45, 2.75) is 19.0 Å². The highest BCUT2D eigenvalue weighted by molar-refractivity contribution is 5.37. The normalized spacial score (nSPS) is 25.4. The first-order valence-corrected chi connectivity index (χ1v) is 5.38. The van der Waals surface area contributed by atoms with Gasteiger partial charge in [0.2, 0.25) is 0 Å². The van der Waals surface area contributed by atoms with Crippen molar-refractivity contribution in [2.24, 2.45) is 0 Å². The molecule has 0 amide bonds. The molecule has 2 rings (SSSR count). The molecule has 1 aliphatic heterocycles. The minimum atomic E-state index is -0.333. The Kier molecular flexibility index (Phi) is 3.41. The Balaban J connectivity index is 2.28. The number of hydrogen-bond acceptors (Lipinski definition) is 3. The van der Waals surface area contributed by atoms with Gasteiger partial charge in [-0.1, -0.05) is 12.1 Å². The molecular weight excluding hydrogens is 209 g/mol. The molecule has 1 fully saturated rings. The minimum Gasteiger partial charge on any atom is -0.493 e. The molecule has 3 nitrogen and oxygen atoms in total. The van der Waals surface area contributed by atoms with E-state index in [4.69, 9.17) is 9.47 Å². The van der Waals surface area contributed by atoms with Crippen molar-refractivity contribution < 1.29 is 13.9 Å². The van der Waals surface area contributed by atoms with E-state index in [0.717, 1.165) is 5.56 Å². The van der Waals surface area contributed by atoms with Gasteiger partial charge >= 0.3 is 0 Å². The van der Waals surface area contributed by atoms with Crippen molar-refractivity contribution in [2.75, 3.05) is 20.3 Å². The maximum atomic E-state index is 13.5. The Bertz CT molecular complexity index is 370. The van der Waals surface area contributed by atoms with Crippen molar-refractivity contribution >= 4 is 0 Å². The third-order valence-electron chi connectivity index (χ3n) is 2.72. The summed E-state index contributed by atoms with van der Waals surface area (Å²) in [6.45, 7) is 3.27. The van der Waals surface area contributed by atoms with Gasteiger partial charge in [-0.05, 0) is 13.0 Å². The van der Waals surface area contributed by atoms with Gasteiger partial charge in [0, 0.05) is 11.6 Å². The summed E-state index contributed by atoms with van der Waals surface area (Å²) in [5.41, 5.74) is 0.814. The number of nitrogens with one attached hydrogen (secondary N) is 1. The van der Waals surface area contributed by atoms with E-state index < -0.39 is 0 Å². The van der Waals surface area contributed by atoms with Crippen molar-refractivity contribution in [1.29, 1.82) is 0 Å². The zero-order valence-electron chi connectivity index (χ0n) is 9.50. The molecule has 16 heavy (non-hydrogen) atoms. The lowest BCUT2D eigenvalue weighted by atomic mass is 10.0. The van der Waals surface area contributed by atoms with Crippen LogP contribution in [0.1, 0.15) is 18.5 Å². The first kappa shape index (κ1) is 11.4. The van der Waals surface area contributed by atoms with Gasteiger partial charge in [-0.15, -0.1) is 0 Å². The predicted molar refractivity (Wildman–Crippen MR) is 59.1 cm³/mol. The molecule has 0 spiro atoms. The summed E-state index contributed by atoms with van der Waals surface area (Å²) in [6, 6.07) is 5.21. The number of ether oxygens (including phenoxy) is 2. The summed E-state index contributed by atoms with van der Waals surface area (Å²) in [7, 11) is 1.48. The topological polar surface area (TPSA) is 30.5 Å². The van der Waals surface area contributed by atoms with Crippen LogP contribution >= 0.6 is 0 Å². The molecule has 0 saturated carbocycles. The van der Waals surface area contributed by atoms with Crippen LogP contribution in [0.2, 0.25) is 0 Å². The number of para-hydroxylation sites is 1. The van der Waals surface area contributed by atoms with Crippen LogP contribution in [0, 0.1) is 5.82 Å². The average Bonchev–Trinajstić information content (AvgIpc) is 2.28. The summed E-state index contributed by atoms with van der Waals surface area (Å²) in [6.07, 6.45) is 0. The van der Waals surface area contributed by atoms with Crippen molar-refractivity contribution in [1.82, 2.24) is 5.32 Å². The highest BCUT2D eigenvalue weighted by Crippen LogP contribution is 2.29. The van der Waals surface area contributed by atoms with Gasteiger partial charge in [0.15, 0.2) is 11.6 Å². The second-order valence-electron chi connectivity index (χ2n) is 4.02. The quantitative estimate of drug-likeness (QED) is 0.833. The van der Waals surface area contributed by atoms with Crippen molar-refractivity contribution in [3.05, 3.63) is 29.6 Å². The maximum Gasteiger partial charge on any atom is 0.165 e. The molecular formula is C12H16FNO2. The van der Waals surface area contributed by atoms with Crippen LogP contribution in [0.15, 0.2) is 18.2 Å². The second-order valence-corrected chi connectivity index (χ2v) is 4.02. The van der Waals surface area contributed by atoms with Gasteiger partial charge in [-0.2, -0.15) is 0 Å². The van der Waals surface area contributed by atoms with E-state index in [1.54, 1.807) is 6.07 Å². The van der Waals surface area contributed by atoms with Gasteiger partial charge in [0.05, 0.1) is 26.4 Å². The average molecular weight is 225 g/mol. The van der Waals surface area contributed by atoms with Crippen molar-refractivity contribution in [3.63, 3.8) is 0 Å². The molecule has 1 aromatic rings. The standard InChI is InChI=1S/C12H16FNO2/c1-8-6-16-7-11(14-8)9-4-3-5-10(13)12(9)15-2/h3-5,8,11,14H,6-7H2,1-2H3. The number of morpholine rings is 1. The summed E-state index contributed by atoms with van der Waals surface area (Å²) < 4.78 is 24.1. The van der Waals surface area contributed by atoms with Crippen LogP contribution in [0.3, 0.4) is 0 Å². The number of benzene rings is 1. The minimum absolute atomic E-state index is 0.00519. The van der Waals surface area contributed by atoms with E-state index in [1.807, 2.05) is 13.0 Å². The lowest BCUT2D eigenvalue weighted by Crippen LogP contribution is -2.41. The maximum absolute atomic E-state index is 13.5. The zero-order valence-corrected chi connectivity index (χ0v) is 9.50. The third-order valence-corrected chi connectivity index (χ3v) is 2.72. The Labute approximate surface area is 94.6 Å². The first-order valence-electron chi connectivity index (χ1n) is 5.38. The van der Waals surface area contributed by atoms with E-state index in [0.29, 0.717) is 19.0 Å². The Morgan fingerprint density at radius 1 is 1.44 bits per heavy atom. The summed E-state index contributed by atoms with van der Waals surface area (Å²) in [5.74, 6) is -0.0299. The van der Waals surface area contributed by atoms with E-state index in [2.05, 4.69) is 5.32 Å². The first-order chi connectivity index (χ1) is 7.72. The third kappa shape index (κ3) is 2.18. The lowest BCUT2D eigenvalue weighted by Gasteiger charge is -2.30. The van der Waals surface area contributed by atoms with Gasteiger partial charge < -0.3 is 14.8 Å². The summed E-state index contributed by atoms with van der Waals surface area (Å²) in [4.78, 5) is 0. The Morgan fingerprint density at radius 2 is 2.25 bits per heavy atom. The largest absolute Gasteiger partial charge is 0.493 e. The van der Waals surface area contributed by atoms with E-state index in [9.17, 15) is 4.39 Å². The van der Waals surface area contributed by atoms with Crippen LogP contribution in [-0.4, -0.2) is 26.4 Å². The van der Waals surface area contributed by atoms with Gasteiger partial charge in [0.1, 0.15) is 0 Å². The molecule has 0 bridgehead atoms. The van der Waals surface area contributed by atoms with Crippen LogP contribution in [0.25, 0.3) is 0 Å². The number of halogens is 1. The molecule has 0 aliphatic carbocycles. The molecule has 0 radical (unpaired) electrons. The highest BCUT2D eigenvalue weighted by atomic mass is 19.1. The summed E-state index contributed by atoms with van der Waals surface area (Å²) in [5, 5.41) is 3.36. The zero-order chi connectivity index (χ0) is 11.5. The molecule has 1 heterocycles. The van der Waals surface area contributed by atoms with Crippen LogP contribution in [0.4, 0.5) is 4.39 Å². The molecule has 0 aromatic heterocycles. The van der Waals surface area contributed by atoms with E-state index >= 15 is 0 Å². The Morgan fingerprint density at radius 3 is 2.94 bits per heavy atom. The van der Waals surface area contributed by atoms with E-state index in [-0.39, 0.29) is 17.9 Å². The van der Waals surface area contributed by atoms with Gasteiger partial charge in [0.25, 0.3) is 0 Å². The molecule has 1 saturated heterocycles. The fourth-order valence-corrected chi connectivity index (χ4v) is 2.00. The fraction of sp³-hybridized carbons (Fsp3) is 0.500. The molecule has 88 valence electrons. The van der Waals surface area contributed by atoms with Gasteiger partial charge in [-0.3, -0.25) is 0 Å². The van der Waals surface area contributed by atoms with E-state index in [1.165, 1.54) is 13.2 Å². The van der Waals surface area contributed by atoms with Crippen molar-refractivity contribution in [3.8, 4) is 5.75 Å². The number of methoxy groups -OCH3 is 1. The lowest BCUT2D eigenvalue weighted by molar-refractivity contribution is 0.0495. The molecule has 2 unspecified atom stereocenters. The molecule has 2 atom stereocenters. The van der Waals surface area contributed by atoms with Crippen LogP contribution in [0.5, 0.6) is 5.75 Å². The second kappa shape index (κ2) is 4.80. The number of rotatable bonds is 2. The highest BCUT2D eigenvalue weighted by Gasteiger charge is 2.23. The molecule has 1 aromatic carbocycles. The summed E-state index contributed by atoms with van der Waals surface area (Å²) >= 11 is 0. The molecule has 1 aliphatic rings.